The minimum absolute atomic E-state index is 0.0159. The Hall–Kier alpha value is -2.18. The highest BCUT2D eigenvalue weighted by molar-refractivity contribution is 7.88. The van der Waals surface area contributed by atoms with Gasteiger partial charge in [0.05, 0.1) is 5.75 Å². The zero-order chi connectivity index (χ0) is 21.6. The SMILES string of the molecule is Cc1cccc(CS(=O)(=O)N2CCC(C(=O)N[C@H](C)CCc3ccccc3)CC2)c1. The molecule has 0 bridgehead atoms. The molecule has 0 aromatic heterocycles. The lowest BCUT2D eigenvalue weighted by atomic mass is 9.96. The zero-order valence-corrected chi connectivity index (χ0v) is 18.7. The number of hydrogen-bond acceptors (Lipinski definition) is 3. The Kier molecular flexibility index (Phi) is 7.67. The van der Waals surface area contributed by atoms with Crippen LogP contribution in [0, 0.1) is 12.8 Å². The number of benzene rings is 2. The van der Waals surface area contributed by atoms with Crippen molar-refractivity contribution >= 4 is 15.9 Å². The molecular formula is C24H32N2O3S. The van der Waals surface area contributed by atoms with Crippen LogP contribution in [0.4, 0.5) is 0 Å². The van der Waals surface area contributed by atoms with Crippen LogP contribution in [-0.4, -0.2) is 37.8 Å². The first-order chi connectivity index (χ1) is 14.3. The minimum atomic E-state index is -3.36. The lowest BCUT2D eigenvalue weighted by molar-refractivity contribution is -0.126. The van der Waals surface area contributed by atoms with Gasteiger partial charge in [-0.05, 0) is 50.7 Å². The number of piperidine rings is 1. The molecule has 1 amide bonds. The number of aryl methyl sites for hydroxylation is 2. The highest BCUT2D eigenvalue weighted by Crippen LogP contribution is 2.22. The van der Waals surface area contributed by atoms with Gasteiger partial charge in [-0.15, -0.1) is 0 Å². The zero-order valence-electron chi connectivity index (χ0n) is 17.9. The number of nitrogens with one attached hydrogen (secondary N) is 1. The van der Waals surface area contributed by atoms with Crippen molar-refractivity contribution in [2.45, 2.75) is 51.3 Å². The van der Waals surface area contributed by atoms with Gasteiger partial charge in [0, 0.05) is 25.0 Å². The summed E-state index contributed by atoms with van der Waals surface area (Å²) < 4.78 is 27.1. The Morgan fingerprint density at radius 1 is 1.07 bits per heavy atom. The average molecular weight is 429 g/mol. The van der Waals surface area contributed by atoms with Gasteiger partial charge in [-0.25, -0.2) is 12.7 Å². The molecule has 2 aromatic rings. The molecule has 1 saturated heterocycles. The molecule has 3 rings (SSSR count). The van der Waals surface area contributed by atoms with Crippen LogP contribution in [0.1, 0.15) is 42.9 Å². The van der Waals surface area contributed by atoms with Crippen molar-refractivity contribution in [3.63, 3.8) is 0 Å². The van der Waals surface area contributed by atoms with Gasteiger partial charge < -0.3 is 5.32 Å². The molecule has 0 aliphatic carbocycles. The number of hydrogen-bond donors (Lipinski definition) is 1. The predicted molar refractivity (Wildman–Crippen MR) is 120 cm³/mol. The van der Waals surface area contributed by atoms with E-state index >= 15 is 0 Å². The molecule has 30 heavy (non-hydrogen) atoms. The Morgan fingerprint density at radius 2 is 1.73 bits per heavy atom. The fraction of sp³-hybridized carbons (Fsp3) is 0.458. The van der Waals surface area contributed by atoms with E-state index < -0.39 is 10.0 Å². The molecule has 5 nitrogen and oxygen atoms in total. The molecule has 0 saturated carbocycles. The van der Waals surface area contributed by atoms with Gasteiger partial charge in [0.2, 0.25) is 15.9 Å². The van der Waals surface area contributed by atoms with Crippen molar-refractivity contribution in [3.8, 4) is 0 Å². The molecule has 0 spiro atoms. The fourth-order valence-electron chi connectivity index (χ4n) is 3.96. The second kappa shape index (κ2) is 10.2. The van der Waals surface area contributed by atoms with E-state index in [0.29, 0.717) is 25.9 Å². The molecule has 162 valence electrons. The van der Waals surface area contributed by atoms with Crippen LogP contribution in [-0.2, 0) is 27.0 Å². The lowest BCUT2D eigenvalue weighted by Gasteiger charge is -2.31. The summed E-state index contributed by atoms with van der Waals surface area (Å²) in [4.78, 5) is 12.6. The first-order valence-corrected chi connectivity index (χ1v) is 12.3. The lowest BCUT2D eigenvalue weighted by Crippen LogP contribution is -2.45. The summed E-state index contributed by atoms with van der Waals surface area (Å²) in [6.45, 7) is 4.80. The summed E-state index contributed by atoms with van der Waals surface area (Å²) in [5.74, 6) is -0.0527. The van der Waals surface area contributed by atoms with Gasteiger partial charge in [0.1, 0.15) is 0 Å². The van der Waals surface area contributed by atoms with E-state index in [1.807, 2.05) is 56.3 Å². The van der Waals surface area contributed by atoms with Crippen molar-refractivity contribution in [3.05, 3.63) is 71.3 Å². The van der Waals surface area contributed by atoms with Crippen molar-refractivity contribution in [1.29, 1.82) is 0 Å². The molecule has 6 heteroatoms. The highest BCUT2D eigenvalue weighted by Gasteiger charge is 2.31. The summed E-state index contributed by atoms with van der Waals surface area (Å²) in [7, 11) is -3.36. The van der Waals surface area contributed by atoms with E-state index in [1.54, 1.807) is 0 Å². The third-order valence-electron chi connectivity index (χ3n) is 5.75. The first-order valence-electron chi connectivity index (χ1n) is 10.7. The third kappa shape index (κ3) is 6.41. The summed E-state index contributed by atoms with van der Waals surface area (Å²) in [6.07, 6.45) is 2.96. The van der Waals surface area contributed by atoms with Crippen LogP contribution in [0.15, 0.2) is 54.6 Å². The molecule has 1 atom stereocenters. The smallest absolute Gasteiger partial charge is 0.223 e. The summed E-state index contributed by atoms with van der Waals surface area (Å²) in [6, 6.07) is 18.0. The molecule has 0 unspecified atom stereocenters. The Morgan fingerprint density at radius 3 is 2.40 bits per heavy atom. The topological polar surface area (TPSA) is 66.5 Å². The molecule has 1 aliphatic rings. The number of nitrogens with zero attached hydrogens (tertiary/aromatic N) is 1. The maximum atomic E-state index is 12.8. The van der Waals surface area contributed by atoms with E-state index in [1.165, 1.54) is 9.87 Å². The van der Waals surface area contributed by atoms with Crippen LogP contribution >= 0.6 is 0 Å². The van der Waals surface area contributed by atoms with Gasteiger partial charge in [0.15, 0.2) is 0 Å². The molecule has 1 aliphatic heterocycles. The van der Waals surface area contributed by atoms with Crippen molar-refractivity contribution in [1.82, 2.24) is 9.62 Å². The normalized spacial score (nSPS) is 16.9. The second-order valence-corrected chi connectivity index (χ2v) is 10.3. The first kappa shape index (κ1) is 22.5. The van der Waals surface area contributed by atoms with Crippen molar-refractivity contribution < 1.29 is 13.2 Å². The second-order valence-electron chi connectivity index (χ2n) is 8.35. The number of rotatable bonds is 8. The Balaban J connectivity index is 1.45. The predicted octanol–water partition coefficient (Wildman–Crippen LogP) is 3.67. The van der Waals surface area contributed by atoms with Gasteiger partial charge in [-0.1, -0.05) is 60.2 Å². The van der Waals surface area contributed by atoms with E-state index in [2.05, 4.69) is 17.4 Å². The van der Waals surface area contributed by atoms with Gasteiger partial charge in [-0.2, -0.15) is 0 Å². The van der Waals surface area contributed by atoms with E-state index in [0.717, 1.165) is 24.0 Å². The summed E-state index contributed by atoms with van der Waals surface area (Å²) in [5, 5.41) is 3.11. The molecule has 1 heterocycles. The molecule has 2 aromatic carbocycles. The maximum Gasteiger partial charge on any atom is 0.223 e. The minimum Gasteiger partial charge on any atom is -0.353 e. The maximum absolute atomic E-state index is 12.8. The largest absolute Gasteiger partial charge is 0.353 e. The molecule has 1 fully saturated rings. The molecule has 1 N–H and O–H groups in total. The summed E-state index contributed by atoms with van der Waals surface area (Å²) >= 11 is 0. The number of amides is 1. The van der Waals surface area contributed by atoms with Crippen LogP contribution < -0.4 is 5.32 Å². The number of carbonyl (C=O) groups excluding carboxylic acids is 1. The van der Waals surface area contributed by atoms with Crippen LogP contribution in [0.5, 0.6) is 0 Å². The monoisotopic (exact) mass is 428 g/mol. The average Bonchev–Trinajstić information content (AvgIpc) is 2.73. The third-order valence-corrected chi connectivity index (χ3v) is 7.60. The van der Waals surface area contributed by atoms with Crippen LogP contribution in [0.3, 0.4) is 0 Å². The van der Waals surface area contributed by atoms with E-state index in [9.17, 15) is 13.2 Å². The Labute approximate surface area is 180 Å². The molecule has 0 radical (unpaired) electrons. The highest BCUT2D eigenvalue weighted by atomic mass is 32.2. The quantitative estimate of drug-likeness (QED) is 0.698. The van der Waals surface area contributed by atoms with Gasteiger partial charge in [-0.3, -0.25) is 4.79 Å². The Bertz CT molecular complexity index is 936. The van der Waals surface area contributed by atoms with Crippen LogP contribution in [0.25, 0.3) is 0 Å². The van der Waals surface area contributed by atoms with Crippen LogP contribution in [0.2, 0.25) is 0 Å². The van der Waals surface area contributed by atoms with Gasteiger partial charge in [0.25, 0.3) is 0 Å². The van der Waals surface area contributed by atoms with Crippen molar-refractivity contribution in [2.75, 3.05) is 13.1 Å². The number of sulfonamides is 1. The van der Waals surface area contributed by atoms with E-state index in [-0.39, 0.29) is 23.6 Å². The van der Waals surface area contributed by atoms with Crippen molar-refractivity contribution in [2.24, 2.45) is 5.92 Å². The fourth-order valence-corrected chi connectivity index (χ4v) is 5.51. The molecular weight excluding hydrogens is 396 g/mol. The summed E-state index contributed by atoms with van der Waals surface area (Å²) in [5.41, 5.74) is 3.13. The standard InChI is InChI=1S/C24H32N2O3S/c1-19-7-6-10-22(17-19)18-30(28,29)26-15-13-23(14-16-26)24(27)25-20(2)11-12-21-8-4-3-5-9-21/h3-10,17,20,23H,11-16,18H2,1-2H3,(H,25,27)/t20-/m1/s1. The number of carbonyl (C=O) groups is 1. The van der Waals surface area contributed by atoms with E-state index in [4.69, 9.17) is 0 Å². The van der Waals surface area contributed by atoms with Gasteiger partial charge >= 0.3 is 0 Å².